The van der Waals surface area contributed by atoms with Gasteiger partial charge in [0.05, 0.1) is 18.1 Å². The van der Waals surface area contributed by atoms with E-state index in [1.165, 1.54) is 16.2 Å². The average Bonchev–Trinajstić information content (AvgIpc) is 3.26. The molecule has 3 aliphatic rings. The van der Waals surface area contributed by atoms with Crippen LogP contribution in [0.3, 0.4) is 0 Å². The number of imide groups is 1. The molecule has 3 fully saturated rings. The van der Waals surface area contributed by atoms with E-state index in [2.05, 4.69) is 5.32 Å². The van der Waals surface area contributed by atoms with E-state index < -0.39 is 33.4 Å². The second-order valence-corrected chi connectivity index (χ2v) is 10.7. The Morgan fingerprint density at radius 2 is 2.15 bits per heavy atom. The minimum Gasteiger partial charge on any atom is -0.332 e. The highest BCUT2D eigenvalue weighted by atomic mass is 32.2. The van der Waals surface area contributed by atoms with Crippen LogP contribution in [0, 0.1) is 0 Å². The van der Waals surface area contributed by atoms with Gasteiger partial charge in [-0.05, 0) is 37.1 Å². The van der Waals surface area contributed by atoms with Gasteiger partial charge in [0.15, 0.2) is 9.84 Å². The molecule has 1 atom stereocenters. The largest absolute Gasteiger partial charge is 0.332 e. The summed E-state index contributed by atoms with van der Waals surface area (Å²) in [5.41, 5.74) is -0.827. The van der Waals surface area contributed by atoms with Gasteiger partial charge in [0.2, 0.25) is 5.91 Å². The first-order valence-electron chi connectivity index (χ1n) is 8.96. The molecule has 1 aromatic heterocycles. The summed E-state index contributed by atoms with van der Waals surface area (Å²) in [6, 6.07) is 2.78. The van der Waals surface area contributed by atoms with Crippen molar-refractivity contribution in [3.8, 4) is 0 Å². The summed E-state index contributed by atoms with van der Waals surface area (Å²) in [7, 11) is -3.17. The molecule has 4 rings (SSSR count). The maximum Gasteiger partial charge on any atom is 0.325 e. The van der Waals surface area contributed by atoms with Crippen LogP contribution in [0.2, 0.25) is 0 Å². The number of hydrogen-bond acceptors (Lipinski definition) is 6. The Morgan fingerprint density at radius 3 is 2.67 bits per heavy atom. The van der Waals surface area contributed by atoms with Gasteiger partial charge in [-0.25, -0.2) is 13.2 Å². The quantitative estimate of drug-likeness (QED) is 0.720. The number of carbonyl (C=O) groups excluding carboxylic acids is 3. The number of amides is 4. The zero-order chi connectivity index (χ0) is 19.2. The van der Waals surface area contributed by atoms with Crippen LogP contribution in [-0.2, 0) is 26.0 Å². The Balaban J connectivity index is 1.52. The van der Waals surface area contributed by atoms with E-state index >= 15 is 0 Å². The molecule has 0 bridgehead atoms. The third-order valence-electron chi connectivity index (χ3n) is 5.62. The van der Waals surface area contributed by atoms with Crippen molar-refractivity contribution in [1.29, 1.82) is 0 Å². The van der Waals surface area contributed by atoms with Crippen LogP contribution in [0.15, 0.2) is 17.5 Å². The highest BCUT2D eigenvalue weighted by Gasteiger charge is 2.55. The normalized spacial score (nSPS) is 25.5. The summed E-state index contributed by atoms with van der Waals surface area (Å²) in [6.45, 7) is -0.0696. The molecule has 8 nitrogen and oxygen atoms in total. The smallest absolute Gasteiger partial charge is 0.325 e. The van der Waals surface area contributed by atoms with Crippen molar-refractivity contribution in [2.45, 2.75) is 43.8 Å². The van der Waals surface area contributed by atoms with Gasteiger partial charge in [-0.15, -0.1) is 11.3 Å². The Labute approximate surface area is 161 Å². The fourth-order valence-electron chi connectivity index (χ4n) is 3.93. The van der Waals surface area contributed by atoms with Crippen molar-refractivity contribution in [3.05, 3.63) is 22.4 Å². The number of carbonyl (C=O) groups is 3. The topological polar surface area (TPSA) is 104 Å². The van der Waals surface area contributed by atoms with Gasteiger partial charge in [-0.3, -0.25) is 14.5 Å². The Hall–Kier alpha value is -1.94. The number of sulfone groups is 1. The molecule has 0 radical (unpaired) electrons. The van der Waals surface area contributed by atoms with E-state index in [-0.39, 0.29) is 30.5 Å². The maximum atomic E-state index is 13.0. The summed E-state index contributed by atoms with van der Waals surface area (Å²) >= 11 is 1.48. The molecule has 1 aromatic rings. The number of thiophene rings is 1. The SMILES string of the molecule is O=C1NC2(CCC2)C(=O)N1CC(=O)N(Cc1cccs1)C1CCS(=O)(=O)C1. The molecule has 146 valence electrons. The highest BCUT2D eigenvalue weighted by Crippen LogP contribution is 2.37. The third-order valence-corrected chi connectivity index (χ3v) is 8.23. The number of hydrogen-bond donors (Lipinski definition) is 1. The molecule has 4 amide bonds. The lowest BCUT2D eigenvalue weighted by Gasteiger charge is -2.35. The fraction of sp³-hybridized carbons (Fsp3) is 0.588. The molecular weight excluding hydrogens is 390 g/mol. The van der Waals surface area contributed by atoms with Gasteiger partial charge < -0.3 is 10.2 Å². The predicted molar refractivity (Wildman–Crippen MR) is 98.8 cm³/mol. The lowest BCUT2D eigenvalue weighted by atomic mass is 9.77. The minimum absolute atomic E-state index is 0.0537. The number of nitrogens with one attached hydrogen (secondary N) is 1. The highest BCUT2D eigenvalue weighted by molar-refractivity contribution is 7.91. The van der Waals surface area contributed by atoms with Gasteiger partial charge in [-0.2, -0.15) is 0 Å². The zero-order valence-electron chi connectivity index (χ0n) is 14.7. The first kappa shape index (κ1) is 18.4. The first-order valence-corrected chi connectivity index (χ1v) is 11.7. The van der Waals surface area contributed by atoms with Crippen LogP contribution >= 0.6 is 11.3 Å². The van der Waals surface area contributed by atoms with Crippen LogP contribution in [-0.4, -0.2) is 65.7 Å². The van der Waals surface area contributed by atoms with Gasteiger partial charge in [0.1, 0.15) is 12.1 Å². The summed E-state index contributed by atoms with van der Waals surface area (Å²) in [4.78, 5) is 41.2. The molecule has 1 N–H and O–H groups in total. The van der Waals surface area contributed by atoms with Gasteiger partial charge in [0, 0.05) is 10.9 Å². The molecule has 27 heavy (non-hydrogen) atoms. The first-order chi connectivity index (χ1) is 12.8. The number of rotatable bonds is 5. The predicted octanol–water partition coefficient (Wildman–Crippen LogP) is 0.738. The van der Waals surface area contributed by atoms with Gasteiger partial charge in [-0.1, -0.05) is 6.07 Å². The molecule has 2 saturated heterocycles. The molecule has 3 heterocycles. The van der Waals surface area contributed by atoms with Crippen LogP contribution in [0.25, 0.3) is 0 Å². The summed E-state index contributed by atoms with van der Waals surface area (Å²) < 4.78 is 23.8. The van der Waals surface area contributed by atoms with Crippen molar-refractivity contribution in [2.24, 2.45) is 0 Å². The third kappa shape index (κ3) is 3.36. The second kappa shape index (κ2) is 6.59. The van der Waals surface area contributed by atoms with Crippen molar-refractivity contribution in [1.82, 2.24) is 15.1 Å². The van der Waals surface area contributed by atoms with Crippen LogP contribution < -0.4 is 5.32 Å². The maximum absolute atomic E-state index is 13.0. The van der Waals surface area contributed by atoms with Gasteiger partial charge >= 0.3 is 6.03 Å². The lowest BCUT2D eigenvalue weighted by Crippen LogP contribution is -2.53. The molecule has 1 saturated carbocycles. The molecule has 10 heteroatoms. The van der Waals surface area contributed by atoms with Crippen LogP contribution in [0.4, 0.5) is 4.79 Å². The van der Waals surface area contributed by atoms with E-state index in [4.69, 9.17) is 0 Å². The van der Waals surface area contributed by atoms with Crippen LogP contribution in [0.5, 0.6) is 0 Å². The van der Waals surface area contributed by atoms with E-state index in [1.54, 1.807) is 0 Å². The lowest BCUT2D eigenvalue weighted by molar-refractivity contribution is -0.141. The van der Waals surface area contributed by atoms with Gasteiger partial charge in [0.25, 0.3) is 5.91 Å². The Kier molecular flexibility index (Phi) is 4.50. The van der Waals surface area contributed by atoms with E-state index in [1.807, 2.05) is 17.5 Å². The molecule has 1 aliphatic carbocycles. The van der Waals surface area contributed by atoms with Crippen LogP contribution in [0.1, 0.15) is 30.6 Å². The number of urea groups is 1. The van der Waals surface area contributed by atoms with Crippen molar-refractivity contribution in [2.75, 3.05) is 18.1 Å². The zero-order valence-corrected chi connectivity index (χ0v) is 16.4. The molecule has 0 aromatic carbocycles. The average molecular weight is 412 g/mol. The standard InChI is InChI=1S/C17H21N3O5S2/c21-14(10-20-15(22)17(5-2-6-17)18-16(20)23)19(9-13-3-1-7-26-13)12-4-8-27(24,25)11-12/h1,3,7,12H,2,4-6,8-11H2,(H,18,23). The molecule has 1 unspecified atom stereocenters. The minimum atomic E-state index is -3.17. The second-order valence-electron chi connectivity index (χ2n) is 7.41. The van der Waals surface area contributed by atoms with E-state index in [0.717, 1.165) is 16.2 Å². The summed E-state index contributed by atoms with van der Waals surface area (Å²) in [5, 5.41) is 4.60. The Morgan fingerprint density at radius 1 is 1.37 bits per heavy atom. The molecule has 1 spiro atoms. The van der Waals surface area contributed by atoms with Crippen molar-refractivity contribution >= 4 is 39.0 Å². The van der Waals surface area contributed by atoms with Crippen molar-refractivity contribution < 1.29 is 22.8 Å². The monoisotopic (exact) mass is 411 g/mol. The fourth-order valence-corrected chi connectivity index (χ4v) is 6.36. The van der Waals surface area contributed by atoms with Crippen molar-refractivity contribution in [3.63, 3.8) is 0 Å². The Bertz CT molecular complexity index is 876. The van der Waals surface area contributed by atoms with E-state index in [0.29, 0.717) is 19.3 Å². The molecular formula is C17H21N3O5S2. The number of nitrogens with zero attached hydrogens (tertiary/aromatic N) is 2. The summed E-state index contributed by atoms with van der Waals surface area (Å²) in [5.74, 6) is -0.764. The summed E-state index contributed by atoms with van der Waals surface area (Å²) in [6.07, 6.45) is 2.45. The molecule has 2 aliphatic heterocycles. The van der Waals surface area contributed by atoms with E-state index in [9.17, 15) is 22.8 Å².